The van der Waals surface area contributed by atoms with Crippen molar-refractivity contribution in [3.05, 3.63) is 63.7 Å². The molecule has 1 atom stereocenters. The summed E-state index contributed by atoms with van der Waals surface area (Å²) in [5.74, 6) is -0.0155. The summed E-state index contributed by atoms with van der Waals surface area (Å²) in [6.45, 7) is 9.83. The van der Waals surface area contributed by atoms with E-state index in [0.717, 1.165) is 44.3 Å². The molecule has 0 N–H and O–H groups in total. The molecule has 5 nitrogen and oxygen atoms in total. The van der Waals surface area contributed by atoms with Gasteiger partial charge < -0.3 is 9.47 Å². The predicted molar refractivity (Wildman–Crippen MR) is 135 cm³/mol. The Hall–Kier alpha value is -2.67. The minimum Gasteiger partial charge on any atom is -0.369 e. The average Bonchev–Trinajstić information content (AvgIpc) is 2.80. The Morgan fingerprint density at radius 3 is 2.59 bits per heavy atom. The van der Waals surface area contributed by atoms with Gasteiger partial charge in [-0.1, -0.05) is 32.4 Å². The Kier molecular flexibility index (Phi) is 6.85. The number of rotatable bonds is 6. The fourth-order valence-electron chi connectivity index (χ4n) is 4.84. The largest absolute Gasteiger partial charge is 0.369 e. The molecule has 34 heavy (non-hydrogen) atoms. The van der Waals surface area contributed by atoms with Crippen LogP contribution < -0.4 is 10.3 Å². The molecule has 0 saturated carbocycles. The molecule has 2 heterocycles. The van der Waals surface area contributed by atoms with Gasteiger partial charge in [-0.05, 0) is 68.4 Å². The van der Waals surface area contributed by atoms with E-state index in [1.165, 1.54) is 12.3 Å². The van der Waals surface area contributed by atoms with Crippen molar-refractivity contribution in [1.29, 1.82) is 0 Å². The van der Waals surface area contributed by atoms with Gasteiger partial charge in [-0.25, -0.2) is 12.8 Å². The zero-order chi connectivity index (χ0) is 24.6. The minimum atomic E-state index is -4.08. The second-order valence-corrected chi connectivity index (χ2v) is 11.5. The van der Waals surface area contributed by atoms with Crippen LogP contribution in [0.25, 0.3) is 10.9 Å². The van der Waals surface area contributed by atoms with Crippen LogP contribution in [0.4, 0.5) is 10.1 Å². The van der Waals surface area contributed by atoms with Crippen molar-refractivity contribution in [3.63, 3.8) is 0 Å². The zero-order valence-electron chi connectivity index (χ0n) is 20.4. The molecule has 2 aromatic carbocycles. The first-order valence-corrected chi connectivity index (χ1v) is 13.6. The Balaban J connectivity index is 1.95. The van der Waals surface area contributed by atoms with Crippen molar-refractivity contribution >= 4 is 26.4 Å². The van der Waals surface area contributed by atoms with Crippen molar-refractivity contribution in [2.75, 3.05) is 18.0 Å². The van der Waals surface area contributed by atoms with Gasteiger partial charge in [0.25, 0.3) is 0 Å². The van der Waals surface area contributed by atoms with Crippen LogP contribution in [0.2, 0.25) is 0 Å². The molecule has 1 unspecified atom stereocenters. The highest BCUT2D eigenvalue weighted by molar-refractivity contribution is 7.91. The molecule has 1 saturated heterocycles. The van der Waals surface area contributed by atoms with Gasteiger partial charge in [0, 0.05) is 25.8 Å². The number of aryl methyl sites for hydroxylation is 3. The van der Waals surface area contributed by atoms with E-state index < -0.39 is 21.1 Å². The molecule has 3 aromatic rings. The number of anilines is 1. The number of piperidine rings is 1. The molecule has 0 amide bonds. The van der Waals surface area contributed by atoms with E-state index in [1.807, 2.05) is 22.5 Å². The van der Waals surface area contributed by atoms with E-state index in [2.05, 4.69) is 13.8 Å². The van der Waals surface area contributed by atoms with E-state index in [4.69, 9.17) is 0 Å². The van der Waals surface area contributed by atoms with Crippen LogP contribution in [-0.4, -0.2) is 26.1 Å². The molecule has 182 valence electrons. The lowest BCUT2D eigenvalue weighted by atomic mass is 9.99. The lowest BCUT2D eigenvalue weighted by molar-refractivity contribution is 0.442. The van der Waals surface area contributed by atoms with Crippen LogP contribution in [0.5, 0.6) is 0 Å². The number of nitrogens with zero attached hydrogens (tertiary/aromatic N) is 2. The Morgan fingerprint density at radius 2 is 1.88 bits per heavy atom. The SMILES string of the molecule is CCCCn1cc(S(=O)(=O)c2cc(C)ccc2C)c(=O)c2cc(F)c(N3CCCC(C)C3)cc21. The number of fused-ring (bicyclic) bond motifs is 1. The molecule has 1 aromatic heterocycles. The number of benzene rings is 2. The van der Waals surface area contributed by atoms with Crippen LogP contribution in [0.15, 0.2) is 51.1 Å². The summed E-state index contributed by atoms with van der Waals surface area (Å²) in [4.78, 5) is 15.3. The van der Waals surface area contributed by atoms with Crippen LogP contribution in [0, 0.1) is 25.6 Å². The quantitative estimate of drug-likeness (QED) is 0.455. The summed E-state index contributed by atoms with van der Waals surface area (Å²) in [5, 5.41) is 0.105. The summed E-state index contributed by atoms with van der Waals surface area (Å²) in [6.07, 6.45) is 5.29. The van der Waals surface area contributed by atoms with E-state index in [-0.39, 0.29) is 15.2 Å². The number of aromatic nitrogens is 1. The fourth-order valence-corrected chi connectivity index (χ4v) is 6.53. The predicted octanol–water partition coefficient (Wildman–Crippen LogP) is 5.63. The highest BCUT2D eigenvalue weighted by atomic mass is 32.2. The number of sulfone groups is 1. The van der Waals surface area contributed by atoms with Gasteiger partial charge in [-0.3, -0.25) is 4.79 Å². The second-order valence-electron chi connectivity index (χ2n) is 9.66. The maximum absolute atomic E-state index is 15.3. The molecule has 0 radical (unpaired) electrons. The van der Waals surface area contributed by atoms with Gasteiger partial charge in [-0.2, -0.15) is 0 Å². The highest BCUT2D eigenvalue weighted by Crippen LogP contribution is 2.31. The molecule has 1 aliphatic heterocycles. The fraction of sp³-hybridized carbons (Fsp3) is 0.444. The zero-order valence-corrected chi connectivity index (χ0v) is 21.2. The number of hydrogen-bond donors (Lipinski definition) is 0. The third kappa shape index (κ3) is 4.50. The van der Waals surface area contributed by atoms with Crippen molar-refractivity contribution in [2.45, 2.75) is 69.7 Å². The first kappa shape index (κ1) is 24.5. The van der Waals surface area contributed by atoms with E-state index in [0.29, 0.717) is 29.2 Å². The normalized spacial score (nSPS) is 16.9. The Bertz CT molecular complexity index is 1400. The second kappa shape index (κ2) is 9.53. The highest BCUT2D eigenvalue weighted by Gasteiger charge is 2.27. The molecule has 0 bridgehead atoms. The molecule has 4 rings (SSSR count). The van der Waals surface area contributed by atoms with Gasteiger partial charge >= 0.3 is 0 Å². The third-order valence-electron chi connectivity index (χ3n) is 6.79. The monoisotopic (exact) mass is 484 g/mol. The summed E-state index contributed by atoms with van der Waals surface area (Å²) in [5.41, 5.74) is 1.77. The van der Waals surface area contributed by atoms with E-state index in [1.54, 1.807) is 25.1 Å². The maximum Gasteiger partial charge on any atom is 0.212 e. The van der Waals surface area contributed by atoms with E-state index in [9.17, 15) is 13.2 Å². The summed E-state index contributed by atoms with van der Waals surface area (Å²) >= 11 is 0. The summed E-state index contributed by atoms with van der Waals surface area (Å²) in [6, 6.07) is 8.13. The van der Waals surface area contributed by atoms with E-state index >= 15 is 4.39 Å². The van der Waals surface area contributed by atoms with Gasteiger partial charge in [0.1, 0.15) is 10.7 Å². The number of unbranched alkanes of at least 4 members (excludes halogenated alkanes) is 1. The Morgan fingerprint density at radius 1 is 1.12 bits per heavy atom. The van der Waals surface area contributed by atoms with Crippen LogP contribution in [-0.2, 0) is 16.4 Å². The Labute approximate surface area is 201 Å². The first-order chi connectivity index (χ1) is 16.1. The van der Waals surface area contributed by atoms with Crippen LogP contribution in [0.1, 0.15) is 50.7 Å². The lowest BCUT2D eigenvalue weighted by Gasteiger charge is -2.33. The van der Waals surface area contributed by atoms with Crippen LogP contribution in [0.3, 0.4) is 0 Å². The van der Waals surface area contributed by atoms with Gasteiger partial charge in [-0.15, -0.1) is 0 Å². The number of halogens is 1. The maximum atomic E-state index is 15.3. The minimum absolute atomic E-state index is 0.105. The van der Waals surface area contributed by atoms with Gasteiger partial charge in [0.05, 0.1) is 21.5 Å². The van der Waals surface area contributed by atoms with Crippen LogP contribution >= 0.6 is 0 Å². The average molecular weight is 485 g/mol. The molecular weight excluding hydrogens is 451 g/mol. The summed E-state index contributed by atoms with van der Waals surface area (Å²) < 4.78 is 44.4. The van der Waals surface area contributed by atoms with Gasteiger partial charge in [0.2, 0.25) is 15.3 Å². The first-order valence-electron chi connectivity index (χ1n) is 12.1. The molecule has 1 aliphatic rings. The standard InChI is InChI=1S/C27H33FN2O3S/c1-5-6-11-30-17-26(34(32,33)25-13-18(2)9-10-20(25)4)27(31)21-14-22(28)24(15-23(21)30)29-12-7-8-19(3)16-29/h9-10,13-15,17,19H,5-8,11-12,16H2,1-4H3. The molecule has 0 aliphatic carbocycles. The smallest absolute Gasteiger partial charge is 0.212 e. The van der Waals surface area contributed by atoms with Crippen molar-refractivity contribution in [1.82, 2.24) is 4.57 Å². The van der Waals surface area contributed by atoms with Crippen molar-refractivity contribution in [2.24, 2.45) is 5.92 Å². The van der Waals surface area contributed by atoms with Crippen molar-refractivity contribution < 1.29 is 12.8 Å². The number of hydrogen-bond acceptors (Lipinski definition) is 4. The summed E-state index contributed by atoms with van der Waals surface area (Å²) in [7, 11) is -4.08. The third-order valence-corrected chi connectivity index (χ3v) is 8.68. The lowest BCUT2D eigenvalue weighted by Crippen LogP contribution is -2.35. The number of pyridine rings is 1. The molecule has 1 fully saturated rings. The van der Waals surface area contributed by atoms with Gasteiger partial charge in [0.15, 0.2) is 0 Å². The van der Waals surface area contributed by atoms with Crippen molar-refractivity contribution in [3.8, 4) is 0 Å². The topological polar surface area (TPSA) is 59.4 Å². The molecule has 7 heteroatoms. The molecule has 0 spiro atoms. The molecular formula is C27H33FN2O3S.